The van der Waals surface area contributed by atoms with E-state index in [0.29, 0.717) is 13.0 Å². The van der Waals surface area contributed by atoms with E-state index in [4.69, 9.17) is 21.3 Å². The van der Waals surface area contributed by atoms with Gasteiger partial charge in [-0.05, 0) is 56.6 Å². The van der Waals surface area contributed by atoms with Crippen LogP contribution in [-0.4, -0.2) is 60.9 Å². The number of aliphatic imine (C=N–C) groups is 1. The van der Waals surface area contributed by atoms with Crippen molar-refractivity contribution in [2.45, 2.75) is 36.0 Å². The number of ether oxygens (including phenoxy) is 1. The van der Waals surface area contributed by atoms with Crippen LogP contribution in [0.1, 0.15) is 31.7 Å². The Morgan fingerprint density at radius 1 is 1.10 bits per heavy atom. The van der Waals surface area contributed by atoms with Crippen LogP contribution in [0.25, 0.3) is 0 Å². The molecule has 7 heteroatoms. The van der Waals surface area contributed by atoms with Crippen LogP contribution < -0.4 is 0 Å². The van der Waals surface area contributed by atoms with E-state index in [1.165, 1.54) is 9.79 Å². The van der Waals surface area contributed by atoms with Crippen LogP contribution in [0.4, 0.5) is 5.69 Å². The zero-order valence-corrected chi connectivity index (χ0v) is 19.4. The van der Waals surface area contributed by atoms with Crippen LogP contribution in [0.3, 0.4) is 0 Å². The summed E-state index contributed by atoms with van der Waals surface area (Å²) in [6.07, 6.45) is 2.41. The standard InChI is InChI=1S/C24H28ClN3O2S/c1-2-30-23(29)9-5-6-12-27-13-15-28(16-14-27)24-19-17-18(25)10-11-21(19)31-22-8-4-3-7-20(22)26-24/h3-4,7-8,10-11,17H,2,5-6,9,12-16H2,1H3. The molecule has 2 heterocycles. The molecule has 0 N–H and O–H groups in total. The van der Waals surface area contributed by atoms with Crippen molar-refractivity contribution in [2.75, 3.05) is 39.3 Å². The van der Waals surface area contributed by atoms with Crippen molar-refractivity contribution in [3.8, 4) is 0 Å². The van der Waals surface area contributed by atoms with Gasteiger partial charge in [-0.1, -0.05) is 35.5 Å². The second-order valence-corrected chi connectivity index (χ2v) is 9.26. The lowest BCUT2D eigenvalue weighted by Crippen LogP contribution is -2.49. The largest absolute Gasteiger partial charge is 0.466 e. The van der Waals surface area contributed by atoms with Gasteiger partial charge in [0.15, 0.2) is 0 Å². The maximum atomic E-state index is 11.5. The van der Waals surface area contributed by atoms with E-state index in [1.807, 2.05) is 25.1 Å². The molecule has 0 radical (unpaired) electrons. The van der Waals surface area contributed by atoms with Gasteiger partial charge in [0.2, 0.25) is 0 Å². The van der Waals surface area contributed by atoms with Crippen molar-refractivity contribution in [3.05, 3.63) is 53.1 Å². The van der Waals surface area contributed by atoms with Crippen molar-refractivity contribution >= 4 is 40.9 Å². The highest BCUT2D eigenvalue weighted by molar-refractivity contribution is 7.99. The fraction of sp³-hybridized carbons (Fsp3) is 0.417. The zero-order valence-electron chi connectivity index (χ0n) is 17.8. The number of rotatable bonds is 6. The third kappa shape index (κ3) is 5.62. The smallest absolute Gasteiger partial charge is 0.305 e. The summed E-state index contributed by atoms with van der Waals surface area (Å²) in [7, 11) is 0. The second-order valence-electron chi connectivity index (χ2n) is 7.74. The molecule has 31 heavy (non-hydrogen) atoms. The Hall–Kier alpha value is -2.02. The number of carbonyl (C=O) groups excluding carboxylic acids is 1. The monoisotopic (exact) mass is 457 g/mol. The van der Waals surface area contributed by atoms with Crippen LogP contribution in [0.15, 0.2) is 57.2 Å². The van der Waals surface area contributed by atoms with E-state index in [0.717, 1.165) is 67.7 Å². The summed E-state index contributed by atoms with van der Waals surface area (Å²) in [6.45, 7) is 7.15. The van der Waals surface area contributed by atoms with E-state index in [-0.39, 0.29) is 5.97 Å². The molecule has 0 bridgehead atoms. The fourth-order valence-electron chi connectivity index (χ4n) is 3.96. The van der Waals surface area contributed by atoms with Crippen molar-refractivity contribution < 1.29 is 9.53 Å². The molecule has 2 aromatic rings. The van der Waals surface area contributed by atoms with Crippen molar-refractivity contribution in [3.63, 3.8) is 0 Å². The first-order chi connectivity index (χ1) is 15.1. The van der Waals surface area contributed by atoms with Gasteiger partial charge in [-0.3, -0.25) is 9.69 Å². The molecule has 164 valence electrons. The average molecular weight is 458 g/mol. The van der Waals surface area contributed by atoms with Gasteiger partial charge in [0.25, 0.3) is 0 Å². The summed E-state index contributed by atoms with van der Waals surface area (Å²) >= 11 is 8.11. The van der Waals surface area contributed by atoms with Crippen LogP contribution in [0.2, 0.25) is 5.02 Å². The molecular formula is C24H28ClN3O2S. The molecule has 0 spiro atoms. The molecule has 2 aliphatic heterocycles. The Morgan fingerprint density at radius 3 is 2.71 bits per heavy atom. The molecule has 1 fully saturated rings. The van der Waals surface area contributed by atoms with Crippen molar-refractivity contribution in [1.82, 2.24) is 9.80 Å². The highest BCUT2D eigenvalue weighted by Gasteiger charge is 2.25. The van der Waals surface area contributed by atoms with Gasteiger partial charge >= 0.3 is 5.97 Å². The normalized spacial score (nSPS) is 16.2. The quantitative estimate of drug-likeness (QED) is 0.438. The molecule has 0 unspecified atom stereocenters. The summed E-state index contributed by atoms with van der Waals surface area (Å²) in [6, 6.07) is 14.4. The first kappa shape index (κ1) is 22.2. The molecule has 4 rings (SSSR count). The number of para-hydroxylation sites is 1. The number of halogens is 1. The summed E-state index contributed by atoms with van der Waals surface area (Å²) in [5.41, 5.74) is 2.12. The van der Waals surface area contributed by atoms with Crippen LogP contribution in [0, 0.1) is 0 Å². The molecule has 0 amide bonds. The molecular weight excluding hydrogens is 430 g/mol. The van der Waals surface area contributed by atoms with Gasteiger partial charge in [-0.15, -0.1) is 0 Å². The van der Waals surface area contributed by atoms with E-state index in [2.05, 4.69) is 34.1 Å². The van der Waals surface area contributed by atoms with Crippen LogP contribution in [0.5, 0.6) is 0 Å². The van der Waals surface area contributed by atoms with Gasteiger partial charge in [0, 0.05) is 53.0 Å². The Morgan fingerprint density at radius 2 is 1.90 bits per heavy atom. The van der Waals surface area contributed by atoms with Gasteiger partial charge in [-0.2, -0.15) is 0 Å². The van der Waals surface area contributed by atoms with Gasteiger partial charge in [0.05, 0.1) is 12.3 Å². The van der Waals surface area contributed by atoms with Gasteiger partial charge in [-0.25, -0.2) is 4.99 Å². The van der Waals surface area contributed by atoms with Crippen LogP contribution >= 0.6 is 23.4 Å². The molecule has 2 aromatic carbocycles. The Bertz CT molecular complexity index is 958. The first-order valence-corrected chi connectivity index (χ1v) is 12.1. The highest BCUT2D eigenvalue weighted by Crippen LogP contribution is 2.41. The number of esters is 1. The number of carbonyl (C=O) groups is 1. The van der Waals surface area contributed by atoms with E-state index < -0.39 is 0 Å². The average Bonchev–Trinajstić information content (AvgIpc) is 2.94. The SMILES string of the molecule is CCOC(=O)CCCCN1CCN(C2=Nc3ccccc3Sc3ccc(Cl)cc32)CC1. The third-order valence-electron chi connectivity index (χ3n) is 5.58. The maximum Gasteiger partial charge on any atom is 0.305 e. The number of nitrogens with zero attached hydrogens (tertiary/aromatic N) is 3. The molecule has 0 saturated carbocycles. The first-order valence-electron chi connectivity index (χ1n) is 10.9. The predicted molar refractivity (Wildman–Crippen MR) is 127 cm³/mol. The molecule has 2 aliphatic rings. The summed E-state index contributed by atoms with van der Waals surface area (Å²) in [5.74, 6) is 0.922. The minimum atomic E-state index is -0.0887. The van der Waals surface area contributed by atoms with Crippen molar-refractivity contribution in [1.29, 1.82) is 0 Å². The predicted octanol–water partition coefficient (Wildman–Crippen LogP) is 5.23. The second kappa shape index (κ2) is 10.5. The van der Waals surface area contributed by atoms with E-state index in [1.54, 1.807) is 11.8 Å². The summed E-state index contributed by atoms with van der Waals surface area (Å²) in [5, 5.41) is 0.734. The lowest BCUT2D eigenvalue weighted by atomic mass is 10.1. The summed E-state index contributed by atoms with van der Waals surface area (Å²) < 4.78 is 5.00. The molecule has 0 atom stereocenters. The number of benzene rings is 2. The van der Waals surface area contributed by atoms with Crippen LogP contribution in [-0.2, 0) is 9.53 Å². The zero-order chi connectivity index (χ0) is 21.6. The number of piperazine rings is 1. The number of amidine groups is 1. The minimum Gasteiger partial charge on any atom is -0.466 e. The maximum absolute atomic E-state index is 11.5. The fourth-order valence-corrected chi connectivity index (χ4v) is 5.13. The summed E-state index contributed by atoms with van der Waals surface area (Å²) in [4.78, 5) is 23.8. The molecule has 1 saturated heterocycles. The minimum absolute atomic E-state index is 0.0887. The van der Waals surface area contributed by atoms with Gasteiger partial charge < -0.3 is 9.64 Å². The number of fused-ring (bicyclic) bond motifs is 2. The Kier molecular flexibility index (Phi) is 7.54. The molecule has 0 aliphatic carbocycles. The molecule has 5 nitrogen and oxygen atoms in total. The van der Waals surface area contributed by atoms with E-state index in [9.17, 15) is 4.79 Å². The lowest BCUT2D eigenvalue weighted by molar-refractivity contribution is -0.143. The lowest BCUT2D eigenvalue weighted by Gasteiger charge is -2.36. The highest BCUT2D eigenvalue weighted by atomic mass is 35.5. The Labute approximate surface area is 193 Å². The molecule has 0 aromatic heterocycles. The van der Waals surface area contributed by atoms with Gasteiger partial charge in [0.1, 0.15) is 5.84 Å². The third-order valence-corrected chi connectivity index (χ3v) is 6.95. The number of hydrogen-bond donors (Lipinski definition) is 0. The number of hydrogen-bond acceptors (Lipinski definition) is 6. The van der Waals surface area contributed by atoms with E-state index >= 15 is 0 Å². The Balaban J connectivity index is 1.41. The van der Waals surface area contributed by atoms with Crippen molar-refractivity contribution in [2.24, 2.45) is 4.99 Å². The topological polar surface area (TPSA) is 45.1 Å². The number of unbranched alkanes of at least 4 members (excludes halogenated alkanes) is 1.